The van der Waals surface area contributed by atoms with Gasteiger partial charge in [0.1, 0.15) is 5.84 Å². The smallest absolute Gasteiger partial charge is 0.206 e. The third-order valence-corrected chi connectivity index (χ3v) is 2.47. The molecule has 0 radical (unpaired) electrons. The van der Waals surface area contributed by atoms with Crippen molar-refractivity contribution in [2.24, 2.45) is 10.7 Å². The number of methoxy groups -OCH3 is 1. The Morgan fingerprint density at radius 3 is 2.80 bits per heavy atom. The van der Waals surface area contributed by atoms with E-state index in [1.165, 1.54) is 5.56 Å². The van der Waals surface area contributed by atoms with E-state index in [9.17, 15) is 0 Å². The number of hydrogen-bond acceptors (Lipinski definition) is 4. The summed E-state index contributed by atoms with van der Waals surface area (Å²) in [5.74, 6) is 0.634. The molecule has 2 rings (SSSR count). The normalized spacial score (nSPS) is 26.1. The van der Waals surface area contributed by atoms with Gasteiger partial charge in [0.05, 0.1) is 0 Å². The van der Waals surface area contributed by atoms with Crippen molar-refractivity contribution in [3.05, 3.63) is 35.9 Å². The van der Waals surface area contributed by atoms with Crippen LogP contribution in [-0.2, 0) is 4.74 Å². The number of nitrogens with zero attached hydrogens (tertiary/aromatic N) is 1. The molecule has 2 unspecified atom stereocenters. The third kappa shape index (κ3) is 2.34. The van der Waals surface area contributed by atoms with Crippen LogP contribution in [-0.4, -0.2) is 19.3 Å². The van der Waals surface area contributed by atoms with Crippen LogP contribution >= 0.6 is 0 Å². The van der Waals surface area contributed by atoms with E-state index in [0.717, 1.165) is 6.42 Å². The lowest BCUT2D eigenvalue weighted by molar-refractivity contribution is 0.0655. The van der Waals surface area contributed by atoms with E-state index < -0.39 is 0 Å². The van der Waals surface area contributed by atoms with Crippen molar-refractivity contribution in [1.82, 2.24) is 5.32 Å². The molecule has 0 spiro atoms. The van der Waals surface area contributed by atoms with Gasteiger partial charge in [0.2, 0.25) is 6.35 Å². The summed E-state index contributed by atoms with van der Waals surface area (Å²) < 4.78 is 5.13. The standard InChI is InChI=1S/C11H15N3O/c1-15-11-13-9(7-10(12)14-11)8-5-3-2-4-6-8/h2-6,9,11,13H,7H2,1H3,(H2,12,14). The molecule has 1 aromatic rings. The van der Waals surface area contributed by atoms with Crippen LogP contribution in [0.2, 0.25) is 0 Å². The van der Waals surface area contributed by atoms with Crippen molar-refractivity contribution in [3.8, 4) is 0 Å². The predicted octanol–water partition coefficient (Wildman–Crippen LogP) is 1.01. The van der Waals surface area contributed by atoms with E-state index in [1.807, 2.05) is 18.2 Å². The molecule has 0 aliphatic carbocycles. The summed E-state index contributed by atoms with van der Waals surface area (Å²) in [6.45, 7) is 0. The highest BCUT2D eigenvalue weighted by atomic mass is 16.5. The molecule has 0 saturated heterocycles. The van der Waals surface area contributed by atoms with Crippen molar-refractivity contribution in [2.75, 3.05) is 7.11 Å². The van der Waals surface area contributed by atoms with Crippen LogP contribution in [0.15, 0.2) is 35.3 Å². The van der Waals surface area contributed by atoms with Gasteiger partial charge in [-0.15, -0.1) is 0 Å². The van der Waals surface area contributed by atoms with Crippen molar-refractivity contribution < 1.29 is 4.74 Å². The number of rotatable bonds is 2. The maximum absolute atomic E-state index is 5.76. The van der Waals surface area contributed by atoms with E-state index in [-0.39, 0.29) is 12.4 Å². The fraction of sp³-hybridized carbons (Fsp3) is 0.364. The third-order valence-electron chi connectivity index (χ3n) is 2.47. The summed E-state index contributed by atoms with van der Waals surface area (Å²) >= 11 is 0. The van der Waals surface area contributed by atoms with Crippen molar-refractivity contribution in [1.29, 1.82) is 0 Å². The fourth-order valence-corrected chi connectivity index (χ4v) is 1.70. The molecule has 1 aliphatic rings. The molecular formula is C11H15N3O. The van der Waals surface area contributed by atoms with Gasteiger partial charge in [0, 0.05) is 19.6 Å². The van der Waals surface area contributed by atoms with Gasteiger partial charge >= 0.3 is 0 Å². The quantitative estimate of drug-likeness (QED) is 0.757. The molecule has 80 valence electrons. The first-order valence-corrected chi connectivity index (χ1v) is 4.95. The molecule has 1 aromatic carbocycles. The molecular weight excluding hydrogens is 190 g/mol. The second-order valence-corrected chi connectivity index (χ2v) is 3.54. The van der Waals surface area contributed by atoms with Crippen molar-refractivity contribution >= 4 is 5.84 Å². The Labute approximate surface area is 89.1 Å². The highest BCUT2D eigenvalue weighted by Crippen LogP contribution is 2.20. The van der Waals surface area contributed by atoms with Crippen LogP contribution in [0.4, 0.5) is 0 Å². The average molecular weight is 205 g/mol. The first kappa shape index (κ1) is 10.1. The maximum atomic E-state index is 5.76. The van der Waals surface area contributed by atoms with Gasteiger partial charge in [-0.3, -0.25) is 5.32 Å². The topological polar surface area (TPSA) is 59.6 Å². The van der Waals surface area contributed by atoms with Gasteiger partial charge < -0.3 is 10.5 Å². The van der Waals surface area contributed by atoms with Crippen molar-refractivity contribution in [2.45, 2.75) is 18.8 Å². The van der Waals surface area contributed by atoms with Crippen molar-refractivity contribution in [3.63, 3.8) is 0 Å². The molecule has 15 heavy (non-hydrogen) atoms. The molecule has 4 nitrogen and oxygen atoms in total. The van der Waals surface area contributed by atoms with Crippen LogP contribution in [0.3, 0.4) is 0 Å². The Morgan fingerprint density at radius 1 is 1.40 bits per heavy atom. The molecule has 0 bridgehead atoms. The molecule has 0 fully saturated rings. The van der Waals surface area contributed by atoms with Crippen LogP contribution in [0, 0.1) is 0 Å². The first-order chi connectivity index (χ1) is 7.29. The first-order valence-electron chi connectivity index (χ1n) is 4.95. The van der Waals surface area contributed by atoms with Gasteiger partial charge in [0.15, 0.2) is 0 Å². The van der Waals surface area contributed by atoms with E-state index in [0.29, 0.717) is 5.84 Å². The van der Waals surface area contributed by atoms with Crippen LogP contribution < -0.4 is 11.1 Å². The largest absolute Gasteiger partial charge is 0.387 e. The molecule has 4 heteroatoms. The summed E-state index contributed by atoms with van der Waals surface area (Å²) in [5, 5.41) is 3.26. The lowest BCUT2D eigenvalue weighted by Crippen LogP contribution is -2.41. The van der Waals surface area contributed by atoms with Gasteiger partial charge in [-0.2, -0.15) is 0 Å². The Kier molecular flexibility index (Phi) is 2.99. The van der Waals surface area contributed by atoms with E-state index in [4.69, 9.17) is 10.5 Å². The number of nitrogens with two attached hydrogens (primary N) is 1. The number of aliphatic imine (C=N–C) groups is 1. The molecule has 1 heterocycles. The summed E-state index contributed by atoms with van der Waals surface area (Å²) in [7, 11) is 1.61. The molecule has 2 atom stereocenters. The molecule has 0 saturated carbocycles. The average Bonchev–Trinajstić information content (AvgIpc) is 2.29. The molecule has 0 amide bonds. The lowest BCUT2D eigenvalue weighted by Gasteiger charge is -2.27. The minimum Gasteiger partial charge on any atom is -0.387 e. The zero-order valence-corrected chi connectivity index (χ0v) is 8.68. The Hall–Kier alpha value is -1.39. The van der Waals surface area contributed by atoms with Gasteiger partial charge in [-0.05, 0) is 5.56 Å². The number of amidine groups is 1. The molecule has 1 aliphatic heterocycles. The Morgan fingerprint density at radius 2 is 2.13 bits per heavy atom. The minimum atomic E-state index is -0.330. The fourth-order valence-electron chi connectivity index (χ4n) is 1.70. The summed E-state index contributed by atoms with van der Waals surface area (Å²) in [5.41, 5.74) is 6.96. The highest BCUT2D eigenvalue weighted by molar-refractivity contribution is 5.81. The minimum absolute atomic E-state index is 0.189. The zero-order chi connectivity index (χ0) is 10.7. The van der Waals surface area contributed by atoms with Crippen LogP contribution in [0.25, 0.3) is 0 Å². The summed E-state index contributed by atoms with van der Waals surface area (Å²) in [6.07, 6.45) is 0.396. The van der Waals surface area contributed by atoms with Gasteiger partial charge in [-0.1, -0.05) is 30.3 Å². The van der Waals surface area contributed by atoms with Crippen LogP contribution in [0.5, 0.6) is 0 Å². The summed E-state index contributed by atoms with van der Waals surface area (Å²) in [6, 6.07) is 10.4. The van der Waals surface area contributed by atoms with E-state index in [1.54, 1.807) is 7.11 Å². The zero-order valence-electron chi connectivity index (χ0n) is 8.68. The number of ether oxygens (including phenoxy) is 1. The lowest BCUT2D eigenvalue weighted by atomic mass is 10.0. The summed E-state index contributed by atoms with van der Waals surface area (Å²) in [4.78, 5) is 4.14. The monoisotopic (exact) mass is 205 g/mol. The van der Waals surface area contributed by atoms with E-state index >= 15 is 0 Å². The highest BCUT2D eigenvalue weighted by Gasteiger charge is 2.21. The maximum Gasteiger partial charge on any atom is 0.206 e. The number of nitrogens with one attached hydrogen (secondary N) is 1. The molecule has 0 aromatic heterocycles. The Balaban J connectivity index is 2.16. The second-order valence-electron chi connectivity index (χ2n) is 3.54. The number of hydrogen-bond donors (Lipinski definition) is 2. The van der Waals surface area contributed by atoms with E-state index in [2.05, 4.69) is 22.4 Å². The van der Waals surface area contributed by atoms with Gasteiger partial charge in [-0.25, -0.2) is 4.99 Å². The second kappa shape index (κ2) is 4.42. The SMILES string of the molecule is COC1N=C(N)CC(c2ccccc2)N1. The van der Waals surface area contributed by atoms with Crippen LogP contribution in [0.1, 0.15) is 18.0 Å². The number of benzene rings is 1. The Bertz CT molecular complexity index is 350. The van der Waals surface area contributed by atoms with Gasteiger partial charge in [0.25, 0.3) is 0 Å². The molecule has 3 N–H and O–H groups in total. The predicted molar refractivity (Wildman–Crippen MR) is 59.4 cm³/mol.